The van der Waals surface area contributed by atoms with Crippen molar-refractivity contribution in [3.8, 4) is 0 Å². The number of aromatic nitrogens is 1. The van der Waals surface area contributed by atoms with Crippen molar-refractivity contribution in [1.29, 1.82) is 0 Å². The number of hydrogen-bond donors (Lipinski definition) is 1. The van der Waals surface area contributed by atoms with Gasteiger partial charge in [-0.2, -0.15) is 0 Å². The highest BCUT2D eigenvalue weighted by Gasteiger charge is 2.19. The predicted molar refractivity (Wildman–Crippen MR) is 75.4 cm³/mol. The molecule has 1 unspecified atom stereocenters. The molecule has 1 aliphatic heterocycles. The first-order chi connectivity index (χ1) is 8.88. The summed E-state index contributed by atoms with van der Waals surface area (Å²) in [6.45, 7) is 8.07. The number of hydrogen-bond acceptors (Lipinski definition) is 3. The standard InChI is InChI=1S/C15H25N3/c1-2-7-16-10-15-6-4-9-18(13-15)12-14-5-3-8-17-11-14/h3,5,8,11,15-16H,2,4,6-7,9-10,12-13H2,1H3. The zero-order valence-electron chi connectivity index (χ0n) is 11.4. The number of nitrogens with one attached hydrogen (secondary N) is 1. The van der Waals surface area contributed by atoms with Gasteiger partial charge in [0.05, 0.1) is 0 Å². The third kappa shape index (κ3) is 4.39. The SMILES string of the molecule is CCCNCC1CCCN(Cc2cccnc2)C1. The Balaban J connectivity index is 1.76. The third-order valence-corrected chi connectivity index (χ3v) is 3.59. The molecule has 1 aromatic rings. The van der Waals surface area contributed by atoms with Crippen LogP contribution in [0.5, 0.6) is 0 Å². The van der Waals surface area contributed by atoms with Crippen LogP contribution in [0, 0.1) is 5.92 Å². The molecule has 0 amide bonds. The maximum Gasteiger partial charge on any atom is 0.0312 e. The summed E-state index contributed by atoms with van der Waals surface area (Å²) >= 11 is 0. The van der Waals surface area contributed by atoms with Crippen LogP contribution in [0.3, 0.4) is 0 Å². The van der Waals surface area contributed by atoms with Gasteiger partial charge in [-0.15, -0.1) is 0 Å². The molecule has 0 bridgehead atoms. The maximum absolute atomic E-state index is 4.19. The van der Waals surface area contributed by atoms with Crippen LogP contribution in [0.2, 0.25) is 0 Å². The van der Waals surface area contributed by atoms with Crippen LogP contribution in [-0.2, 0) is 6.54 Å². The minimum absolute atomic E-state index is 0.821. The summed E-state index contributed by atoms with van der Waals surface area (Å²) in [7, 11) is 0. The first kappa shape index (κ1) is 13.5. The summed E-state index contributed by atoms with van der Waals surface area (Å²) in [5.74, 6) is 0.821. The highest BCUT2D eigenvalue weighted by atomic mass is 15.1. The lowest BCUT2D eigenvalue weighted by Crippen LogP contribution is -2.39. The summed E-state index contributed by atoms with van der Waals surface area (Å²) in [5.41, 5.74) is 1.33. The van der Waals surface area contributed by atoms with Crippen LogP contribution in [0.25, 0.3) is 0 Å². The van der Waals surface area contributed by atoms with E-state index in [1.54, 1.807) is 0 Å². The lowest BCUT2D eigenvalue weighted by atomic mass is 9.97. The van der Waals surface area contributed by atoms with E-state index in [0.29, 0.717) is 0 Å². The van der Waals surface area contributed by atoms with Crippen molar-refractivity contribution < 1.29 is 0 Å². The summed E-state index contributed by atoms with van der Waals surface area (Å²) < 4.78 is 0. The van der Waals surface area contributed by atoms with Gasteiger partial charge in [0.1, 0.15) is 0 Å². The van der Waals surface area contributed by atoms with E-state index in [9.17, 15) is 0 Å². The molecule has 0 aromatic carbocycles. The first-order valence-electron chi connectivity index (χ1n) is 7.20. The largest absolute Gasteiger partial charge is 0.316 e. The smallest absolute Gasteiger partial charge is 0.0312 e. The van der Waals surface area contributed by atoms with Gasteiger partial charge < -0.3 is 5.32 Å². The van der Waals surface area contributed by atoms with E-state index in [1.165, 1.54) is 44.5 Å². The Bertz CT molecular complexity index is 326. The van der Waals surface area contributed by atoms with Gasteiger partial charge in [0, 0.05) is 25.5 Å². The highest BCUT2D eigenvalue weighted by Crippen LogP contribution is 2.17. The number of likely N-dealkylation sites (tertiary alicyclic amines) is 1. The molecule has 1 aliphatic rings. The van der Waals surface area contributed by atoms with Gasteiger partial charge in [0.15, 0.2) is 0 Å². The van der Waals surface area contributed by atoms with Crippen molar-refractivity contribution in [3.05, 3.63) is 30.1 Å². The average Bonchev–Trinajstić information content (AvgIpc) is 2.41. The second kappa shape index (κ2) is 7.49. The van der Waals surface area contributed by atoms with Gasteiger partial charge in [-0.25, -0.2) is 0 Å². The number of pyridine rings is 1. The predicted octanol–water partition coefficient (Wildman–Crippen LogP) is 2.29. The second-order valence-electron chi connectivity index (χ2n) is 5.31. The molecule has 0 radical (unpaired) electrons. The lowest BCUT2D eigenvalue weighted by Gasteiger charge is -2.32. The van der Waals surface area contributed by atoms with Crippen LogP contribution in [0.15, 0.2) is 24.5 Å². The summed E-state index contributed by atoms with van der Waals surface area (Å²) in [6.07, 6.45) is 7.77. The van der Waals surface area contributed by atoms with Crippen molar-refractivity contribution in [3.63, 3.8) is 0 Å². The monoisotopic (exact) mass is 247 g/mol. The normalized spacial score (nSPS) is 21.1. The molecular weight excluding hydrogens is 222 g/mol. The summed E-state index contributed by atoms with van der Waals surface area (Å²) in [6, 6.07) is 4.20. The molecule has 2 rings (SSSR count). The second-order valence-corrected chi connectivity index (χ2v) is 5.31. The fourth-order valence-corrected chi connectivity index (χ4v) is 2.69. The Morgan fingerprint density at radius 1 is 1.50 bits per heavy atom. The van der Waals surface area contributed by atoms with Crippen molar-refractivity contribution in [2.45, 2.75) is 32.7 Å². The number of piperidine rings is 1. The van der Waals surface area contributed by atoms with E-state index >= 15 is 0 Å². The Morgan fingerprint density at radius 3 is 3.22 bits per heavy atom. The quantitative estimate of drug-likeness (QED) is 0.782. The van der Waals surface area contributed by atoms with Crippen LogP contribution in [0.1, 0.15) is 31.7 Å². The van der Waals surface area contributed by atoms with E-state index < -0.39 is 0 Å². The minimum atomic E-state index is 0.821. The van der Waals surface area contributed by atoms with Crippen molar-refractivity contribution in [2.75, 3.05) is 26.2 Å². The van der Waals surface area contributed by atoms with Crippen molar-refractivity contribution >= 4 is 0 Å². The van der Waals surface area contributed by atoms with E-state index in [4.69, 9.17) is 0 Å². The summed E-state index contributed by atoms with van der Waals surface area (Å²) in [5, 5.41) is 3.55. The van der Waals surface area contributed by atoms with Gasteiger partial charge in [-0.05, 0) is 56.4 Å². The van der Waals surface area contributed by atoms with E-state index in [-0.39, 0.29) is 0 Å². The van der Waals surface area contributed by atoms with Gasteiger partial charge in [-0.1, -0.05) is 13.0 Å². The fraction of sp³-hybridized carbons (Fsp3) is 0.667. The minimum Gasteiger partial charge on any atom is -0.316 e. The molecule has 3 heteroatoms. The molecule has 2 heterocycles. The van der Waals surface area contributed by atoms with E-state index in [2.05, 4.69) is 28.2 Å². The molecule has 0 aliphatic carbocycles. The molecule has 18 heavy (non-hydrogen) atoms. The Labute approximate surface area is 111 Å². The van der Waals surface area contributed by atoms with Crippen LogP contribution >= 0.6 is 0 Å². The molecule has 1 fully saturated rings. The molecule has 100 valence electrons. The zero-order chi connectivity index (χ0) is 12.6. The molecule has 3 nitrogen and oxygen atoms in total. The van der Waals surface area contributed by atoms with Crippen LogP contribution in [-0.4, -0.2) is 36.1 Å². The van der Waals surface area contributed by atoms with Crippen LogP contribution < -0.4 is 5.32 Å². The van der Waals surface area contributed by atoms with Crippen molar-refractivity contribution in [1.82, 2.24) is 15.2 Å². The molecule has 0 spiro atoms. The Kier molecular flexibility index (Phi) is 5.62. The van der Waals surface area contributed by atoms with E-state index in [0.717, 1.165) is 19.0 Å². The van der Waals surface area contributed by atoms with Gasteiger partial charge in [-0.3, -0.25) is 9.88 Å². The molecule has 1 saturated heterocycles. The number of rotatable bonds is 6. The zero-order valence-corrected chi connectivity index (χ0v) is 11.4. The topological polar surface area (TPSA) is 28.2 Å². The molecular formula is C15H25N3. The molecule has 0 saturated carbocycles. The first-order valence-corrected chi connectivity index (χ1v) is 7.20. The van der Waals surface area contributed by atoms with Crippen molar-refractivity contribution in [2.24, 2.45) is 5.92 Å². The van der Waals surface area contributed by atoms with Gasteiger partial charge >= 0.3 is 0 Å². The van der Waals surface area contributed by atoms with Gasteiger partial charge in [0.25, 0.3) is 0 Å². The van der Waals surface area contributed by atoms with Gasteiger partial charge in [0.2, 0.25) is 0 Å². The lowest BCUT2D eigenvalue weighted by molar-refractivity contribution is 0.165. The Hall–Kier alpha value is -0.930. The number of nitrogens with zero attached hydrogens (tertiary/aromatic N) is 2. The fourth-order valence-electron chi connectivity index (χ4n) is 2.69. The average molecular weight is 247 g/mol. The molecule has 1 atom stereocenters. The molecule has 1 N–H and O–H groups in total. The third-order valence-electron chi connectivity index (χ3n) is 3.59. The van der Waals surface area contributed by atoms with E-state index in [1.807, 2.05) is 18.5 Å². The summed E-state index contributed by atoms with van der Waals surface area (Å²) in [4.78, 5) is 6.76. The highest BCUT2D eigenvalue weighted by molar-refractivity contribution is 5.08. The van der Waals surface area contributed by atoms with Crippen LogP contribution in [0.4, 0.5) is 0 Å². The molecule has 1 aromatic heterocycles. The Morgan fingerprint density at radius 2 is 2.44 bits per heavy atom. The maximum atomic E-state index is 4.19.